The van der Waals surface area contributed by atoms with Crippen LogP contribution in [0.25, 0.3) is 11.4 Å². The SMILES string of the molecule is CCCn1cnnc1-c1ccc(OC)c(OC)c1. The lowest BCUT2D eigenvalue weighted by Gasteiger charge is -2.10. The highest BCUT2D eigenvalue weighted by atomic mass is 16.5. The first-order valence-electron chi connectivity index (χ1n) is 5.90. The van der Waals surface area contributed by atoms with Crippen molar-refractivity contribution in [3.05, 3.63) is 24.5 Å². The number of methoxy groups -OCH3 is 2. The van der Waals surface area contributed by atoms with Crippen molar-refractivity contribution >= 4 is 0 Å². The molecule has 0 aliphatic heterocycles. The highest BCUT2D eigenvalue weighted by molar-refractivity contribution is 5.61. The molecule has 0 amide bonds. The van der Waals surface area contributed by atoms with Gasteiger partial charge < -0.3 is 14.0 Å². The highest BCUT2D eigenvalue weighted by Crippen LogP contribution is 2.31. The number of ether oxygens (including phenoxy) is 2. The summed E-state index contributed by atoms with van der Waals surface area (Å²) < 4.78 is 12.5. The predicted octanol–water partition coefficient (Wildman–Crippen LogP) is 2.37. The summed E-state index contributed by atoms with van der Waals surface area (Å²) in [6.45, 7) is 3.02. The van der Waals surface area contributed by atoms with Crippen LogP contribution in [0.1, 0.15) is 13.3 Å². The molecule has 2 aromatic rings. The van der Waals surface area contributed by atoms with Gasteiger partial charge in [0.05, 0.1) is 14.2 Å². The number of aromatic nitrogens is 3. The smallest absolute Gasteiger partial charge is 0.163 e. The summed E-state index contributed by atoms with van der Waals surface area (Å²) in [6, 6.07) is 5.74. The molecular weight excluding hydrogens is 230 g/mol. The lowest BCUT2D eigenvalue weighted by molar-refractivity contribution is 0.355. The molecule has 0 fully saturated rings. The van der Waals surface area contributed by atoms with Gasteiger partial charge in [0.2, 0.25) is 0 Å². The number of rotatable bonds is 5. The van der Waals surface area contributed by atoms with Gasteiger partial charge in [0.25, 0.3) is 0 Å². The monoisotopic (exact) mass is 247 g/mol. The Kier molecular flexibility index (Phi) is 3.82. The van der Waals surface area contributed by atoms with Gasteiger partial charge in [-0.25, -0.2) is 0 Å². The average molecular weight is 247 g/mol. The lowest BCUT2D eigenvalue weighted by Crippen LogP contribution is -1.99. The maximum absolute atomic E-state index is 5.29. The molecule has 0 bridgehead atoms. The third kappa shape index (κ3) is 2.30. The summed E-state index contributed by atoms with van der Waals surface area (Å²) in [5, 5.41) is 8.11. The van der Waals surface area contributed by atoms with E-state index in [9.17, 15) is 0 Å². The number of hydrogen-bond donors (Lipinski definition) is 0. The van der Waals surface area contributed by atoms with Crippen LogP contribution in [0.4, 0.5) is 0 Å². The Morgan fingerprint density at radius 3 is 2.61 bits per heavy atom. The van der Waals surface area contributed by atoms with Gasteiger partial charge in [-0.15, -0.1) is 10.2 Å². The minimum atomic E-state index is 0.695. The van der Waals surface area contributed by atoms with Crippen LogP contribution in [0.3, 0.4) is 0 Å². The van der Waals surface area contributed by atoms with Crippen LogP contribution in [0.15, 0.2) is 24.5 Å². The lowest BCUT2D eigenvalue weighted by atomic mass is 10.2. The molecule has 96 valence electrons. The zero-order chi connectivity index (χ0) is 13.0. The molecule has 1 heterocycles. The Morgan fingerprint density at radius 1 is 1.17 bits per heavy atom. The van der Waals surface area contributed by atoms with E-state index < -0.39 is 0 Å². The molecule has 0 aliphatic rings. The first kappa shape index (κ1) is 12.4. The molecule has 0 unspecified atom stereocenters. The van der Waals surface area contributed by atoms with Crippen LogP contribution in [0.2, 0.25) is 0 Å². The molecule has 0 aliphatic carbocycles. The summed E-state index contributed by atoms with van der Waals surface area (Å²) in [6.07, 6.45) is 2.79. The second-order valence-electron chi connectivity index (χ2n) is 3.92. The Hall–Kier alpha value is -2.04. The van der Waals surface area contributed by atoms with Gasteiger partial charge in [-0.1, -0.05) is 6.92 Å². The minimum Gasteiger partial charge on any atom is -0.493 e. The third-order valence-corrected chi connectivity index (χ3v) is 2.72. The van der Waals surface area contributed by atoms with E-state index in [0.29, 0.717) is 11.5 Å². The normalized spacial score (nSPS) is 10.4. The molecule has 18 heavy (non-hydrogen) atoms. The first-order valence-corrected chi connectivity index (χ1v) is 5.90. The van der Waals surface area contributed by atoms with Gasteiger partial charge in [0, 0.05) is 12.1 Å². The van der Waals surface area contributed by atoms with Crippen molar-refractivity contribution in [2.75, 3.05) is 14.2 Å². The Balaban J connectivity index is 2.41. The number of hydrogen-bond acceptors (Lipinski definition) is 4. The summed E-state index contributed by atoms with van der Waals surface area (Å²) in [7, 11) is 3.25. The van der Waals surface area contributed by atoms with E-state index in [0.717, 1.165) is 24.4 Å². The van der Waals surface area contributed by atoms with Gasteiger partial charge in [0.1, 0.15) is 6.33 Å². The molecule has 1 aromatic carbocycles. The van der Waals surface area contributed by atoms with Crippen LogP contribution in [0, 0.1) is 0 Å². The maximum atomic E-state index is 5.29. The Labute approximate surface area is 106 Å². The van der Waals surface area contributed by atoms with E-state index in [1.165, 1.54) is 0 Å². The summed E-state index contributed by atoms with van der Waals surface area (Å²) in [5.74, 6) is 2.25. The van der Waals surface area contributed by atoms with Crippen LogP contribution in [-0.4, -0.2) is 29.0 Å². The van der Waals surface area contributed by atoms with Crippen molar-refractivity contribution in [3.63, 3.8) is 0 Å². The van der Waals surface area contributed by atoms with Crippen molar-refractivity contribution < 1.29 is 9.47 Å². The largest absolute Gasteiger partial charge is 0.493 e. The van der Waals surface area contributed by atoms with Gasteiger partial charge in [-0.05, 0) is 24.6 Å². The van der Waals surface area contributed by atoms with E-state index >= 15 is 0 Å². The van der Waals surface area contributed by atoms with E-state index in [-0.39, 0.29) is 0 Å². The molecule has 0 N–H and O–H groups in total. The van der Waals surface area contributed by atoms with Gasteiger partial charge in [-0.2, -0.15) is 0 Å². The minimum absolute atomic E-state index is 0.695. The molecule has 5 nitrogen and oxygen atoms in total. The van der Waals surface area contributed by atoms with E-state index in [4.69, 9.17) is 9.47 Å². The van der Waals surface area contributed by atoms with Crippen molar-refractivity contribution in [1.29, 1.82) is 0 Å². The topological polar surface area (TPSA) is 49.2 Å². The van der Waals surface area contributed by atoms with E-state index in [2.05, 4.69) is 17.1 Å². The summed E-state index contributed by atoms with van der Waals surface area (Å²) in [5.41, 5.74) is 0.971. The van der Waals surface area contributed by atoms with E-state index in [1.807, 2.05) is 22.8 Å². The fourth-order valence-electron chi connectivity index (χ4n) is 1.86. The number of benzene rings is 1. The zero-order valence-electron chi connectivity index (χ0n) is 10.9. The van der Waals surface area contributed by atoms with Gasteiger partial charge in [-0.3, -0.25) is 0 Å². The molecule has 0 radical (unpaired) electrons. The first-order chi connectivity index (χ1) is 8.80. The summed E-state index contributed by atoms with van der Waals surface area (Å²) >= 11 is 0. The molecular formula is C13H17N3O2. The number of aryl methyl sites for hydroxylation is 1. The molecule has 5 heteroatoms. The fraction of sp³-hybridized carbons (Fsp3) is 0.385. The third-order valence-electron chi connectivity index (χ3n) is 2.72. The Morgan fingerprint density at radius 2 is 1.94 bits per heavy atom. The molecule has 0 atom stereocenters. The van der Waals surface area contributed by atoms with Crippen molar-refractivity contribution in [1.82, 2.24) is 14.8 Å². The van der Waals surface area contributed by atoms with E-state index in [1.54, 1.807) is 20.5 Å². The van der Waals surface area contributed by atoms with Gasteiger partial charge in [0.15, 0.2) is 17.3 Å². The van der Waals surface area contributed by atoms with Crippen molar-refractivity contribution in [2.45, 2.75) is 19.9 Å². The second-order valence-corrected chi connectivity index (χ2v) is 3.92. The highest BCUT2D eigenvalue weighted by Gasteiger charge is 2.10. The second kappa shape index (κ2) is 5.53. The van der Waals surface area contributed by atoms with Crippen LogP contribution in [0.5, 0.6) is 11.5 Å². The van der Waals surface area contributed by atoms with Gasteiger partial charge >= 0.3 is 0 Å². The molecule has 0 spiro atoms. The van der Waals surface area contributed by atoms with Crippen LogP contribution >= 0.6 is 0 Å². The van der Waals surface area contributed by atoms with Crippen molar-refractivity contribution in [2.24, 2.45) is 0 Å². The number of nitrogens with zero attached hydrogens (tertiary/aromatic N) is 3. The zero-order valence-corrected chi connectivity index (χ0v) is 10.9. The molecule has 0 saturated carbocycles. The molecule has 1 aromatic heterocycles. The van der Waals surface area contributed by atoms with Crippen molar-refractivity contribution in [3.8, 4) is 22.9 Å². The average Bonchev–Trinajstić information content (AvgIpc) is 2.86. The quantitative estimate of drug-likeness (QED) is 0.814. The maximum Gasteiger partial charge on any atom is 0.163 e. The predicted molar refractivity (Wildman–Crippen MR) is 68.9 cm³/mol. The molecule has 0 saturated heterocycles. The standard InChI is InChI=1S/C13H17N3O2/c1-4-7-16-9-14-15-13(16)10-5-6-11(17-2)12(8-10)18-3/h5-6,8-9H,4,7H2,1-3H3. The van der Waals surface area contributed by atoms with Crippen LogP contribution in [-0.2, 0) is 6.54 Å². The Bertz CT molecular complexity index is 523. The van der Waals surface area contributed by atoms with Crippen LogP contribution < -0.4 is 9.47 Å². The summed E-state index contributed by atoms with van der Waals surface area (Å²) in [4.78, 5) is 0. The fourth-order valence-corrected chi connectivity index (χ4v) is 1.86. The molecule has 2 rings (SSSR count).